The maximum atomic E-state index is 2.42. The summed E-state index contributed by atoms with van der Waals surface area (Å²) in [5.74, 6) is 0. The van der Waals surface area contributed by atoms with Gasteiger partial charge in [0.25, 0.3) is 0 Å². The quantitative estimate of drug-likeness (QED) is 0.676. The van der Waals surface area contributed by atoms with Crippen LogP contribution in [0.5, 0.6) is 0 Å². The molecule has 0 unspecified atom stereocenters. The molecule has 2 aromatic carbocycles. The first-order valence-corrected chi connectivity index (χ1v) is 8.53. The van der Waals surface area contributed by atoms with Crippen molar-refractivity contribution in [3.63, 3.8) is 0 Å². The predicted octanol–water partition coefficient (Wildman–Crippen LogP) is 5.24. The average Bonchev–Trinajstić information content (AvgIpc) is 2.54. The summed E-state index contributed by atoms with van der Waals surface area (Å²) in [5.41, 5.74) is 10.2. The van der Waals surface area contributed by atoms with E-state index in [1.807, 2.05) is 0 Å². The molecule has 0 N–H and O–H groups in total. The van der Waals surface area contributed by atoms with E-state index in [9.17, 15) is 0 Å². The molecule has 0 aliphatic heterocycles. The minimum atomic E-state index is 0.277. The molecule has 0 saturated carbocycles. The average molecular weight is 292 g/mol. The lowest BCUT2D eigenvalue weighted by Gasteiger charge is -2.34. The molecule has 1 heteroatoms. The van der Waals surface area contributed by atoms with E-state index < -0.39 is 0 Å². The van der Waals surface area contributed by atoms with Crippen LogP contribution >= 0.6 is 0 Å². The van der Waals surface area contributed by atoms with Gasteiger partial charge in [0, 0.05) is 0 Å². The minimum Gasteiger partial charge on any atom is -0.0652 e. The van der Waals surface area contributed by atoms with Crippen LogP contribution in [0.3, 0.4) is 0 Å². The van der Waals surface area contributed by atoms with Gasteiger partial charge in [-0.25, -0.2) is 0 Å². The Balaban J connectivity index is 2.80. The van der Waals surface area contributed by atoms with Gasteiger partial charge < -0.3 is 0 Å². The highest BCUT2D eigenvalue weighted by Gasteiger charge is 2.28. The van der Waals surface area contributed by atoms with Crippen molar-refractivity contribution >= 4 is 7.85 Å². The molecule has 116 valence electrons. The van der Waals surface area contributed by atoms with Crippen LogP contribution in [0.4, 0.5) is 0 Å². The fourth-order valence-corrected chi connectivity index (χ4v) is 3.86. The SMILES string of the molecule is BC(CC)(CC)c1c(C)c(C)c(-c2ccccc2)c(C)c1C. The molecule has 0 bridgehead atoms. The fraction of sp³-hybridized carbons (Fsp3) is 0.429. The maximum absolute atomic E-state index is 2.42. The van der Waals surface area contributed by atoms with E-state index in [4.69, 9.17) is 0 Å². The van der Waals surface area contributed by atoms with Crippen molar-refractivity contribution in [2.24, 2.45) is 0 Å². The number of benzene rings is 2. The van der Waals surface area contributed by atoms with E-state index in [0.29, 0.717) is 0 Å². The molecule has 0 aliphatic carbocycles. The first-order chi connectivity index (χ1) is 10.4. The monoisotopic (exact) mass is 292 g/mol. The number of hydrogen-bond donors (Lipinski definition) is 0. The van der Waals surface area contributed by atoms with Crippen molar-refractivity contribution < 1.29 is 0 Å². The van der Waals surface area contributed by atoms with E-state index in [0.717, 1.165) is 0 Å². The Morgan fingerprint density at radius 1 is 0.773 bits per heavy atom. The molecule has 2 aromatic rings. The summed E-state index contributed by atoms with van der Waals surface area (Å²) in [6, 6.07) is 10.8. The molecule has 0 atom stereocenters. The second-order valence-electron chi connectivity index (χ2n) is 6.88. The lowest BCUT2D eigenvalue weighted by Crippen LogP contribution is -2.28. The van der Waals surface area contributed by atoms with Gasteiger partial charge in [-0.15, -0.1) is 0 Å². The highest BCUT2D eigenvalue weighted by atomic mass is 14.3. The van der Waals surface area contributed by atoms with Crippen LogP contribution in [0.25, 0.3) is 11.1 Å². The molecule has 0 aromatic heterocycles. The number of hydrogen-bond acceptors (Lipinski definition) is 0. The standard InChI is InChI=1S/C21H29B/c1-7-21(22,8-2)20-16(5)14(3)19(15(4)17(20)6)18-12-10-9-11-13-18/h9-13H,7-8,22H2,1-6H3. The molecule has 0 spiro atoms. The van der Waals surface area contributed by atoms with Crippen LogP contribution in [-0.4, -0.2) is 7.85 Å². The van der Waals surface area contributed by atoms with Crippen molar-refractivity contribution in [1.82, 2.24) is 0 Å². The van der Waals surface area contributed by atoms with Gasteiger partial charge in [-0.3, -0.25) is 0 Å². The Hall–Kier alpha value is -1.50. The Bertz CT molecular complexity index is 635. The van der Waals surface area contributed by atoms with Crippen LogP contribution in [-0.2, 0) is 5.31 Å². The zero-order valence-electron chi connectivity index (χ0n) is 15.3. The van der Waals surface area contributed by atoms with E-state index >= 15 is 0 Å². The summed E-state index contributed by atoms with van der Waals surface area (Å²) in [7, 11) is 2.42. The normalized spacial score (nSPS) is 11.7. The molecular weight excluding hydrogens is 263 g/mol. The third kappa shape index (κ3) is 2.62. The van der Waals surface area contributed by atoms with Crippen molar-refractivity contribution in [3.05, 3.63) is 58.1 Å². The lowest BCUT2D eigenvalue weighted by atomic mass is 9.58. The van der Waals surface area contributed by atoms with Crippen molar-refractivity contribution in [2.45, 2.75) is 59.7 Å². The Labute approximate surface area is 137 Å². The second kappa shape index (κ2) is 6.32. The molecule has 0 heterocycles. The topological polar surface area (TPSA) is 0 Å². The molecule has 0 radical (unpaired) electrons. The zero-order valence-corrected chi connectivity index (χ0v) is 15.3. The van der Waals surface area contributed by atoms with Gasteiger partial charge in [0.05, 0.1) is 0 Å². The second-order valence-corrected chi connectivity index (χ2v) is 6.88. The van der Waals surface area contributed by atoms with Gasteiger partial charge in [0.1, 0.15) is 7.85 Å². The molecule has 0 fully saturated rings. The first-order valence-electron chi connectivity index (χ1n) is 8.53. The largest absolute Gasteiger partial charge is 0.115 e. The third-order valence-electron chi connectivity index (χ3n) is 5.85. The summed E-state index contributed by atoms with van der Waals surface area (Å²) in [6.45, 7) is 13.8. The van der Waals surface area contributed by atoms with Gasteiger partial charge in [-0.1, -0.05) is 57.0 Å². The lowest BCUT2D eigenvalue weighted by molar-refractivity contribution is 0.557. The van der Waals surface area contributed by atoms with Gasteiger partial charge in [-0.05, 0) is 72.0 Å². The van der Waals surface area contributed by atoms with Crippen molar-refractivity contribution in [3.8, 4) is 11.1 Å². The van der Waals surface area contributed by atoms with E-state index in [1.165, 1.54) is 46.2 Å². The molecule has 0 nitrogen and oxygen atoms in total. The predicted molar refractivity (Wildman–Crippen MR) is 102 cm³/mol. The third-order valence-corrected chi connectivity index (χ3v) is 5.85. The maximum Gasteiger partial charge on any atom is 0.115 e. The summed E-state index contributed by atoms with van der Waals surface area (Å²) in [6.07, 6.45) is 2.38. The minimum absolute atomic E-state index is 0.277. The van der Waals surface area contributed by atoms with Gasteiger partial charge in [0.2, 0.25) is 0 Å². The van der Waals surface area contributed by atoms with Crippen LogP contribution in [0, 0.1) is 27.7 Å². The van der Waals surface area contributed by atoms with Crippen molar-refractivity contribution in [2.75, 3.05) is 0 Å². The summed E-state index contributed by atoms with van der Waals surface area (Å²) >= 11 is 0. The molecular formula is C21H29B. The summed E-state index contributed by atoms with van der Waals surface area (Å²) in [4.78, 5) is 0. The van der Waals surface area contributed by atoms with E-state index in [1.54, 1.807) is 5.56 Å². The fourth-order valence-electron chi connectivity index (χ4n) is 3.86. The van der Waals surface area contributed by atoms with Gasteiger partial charge >= 0.3 is 0 Å². The van der Waals surface area contributed by atoms with Crippen LogP contribution in [0.15, 0.2) is 30.3 Å². The Kier molecular flexibility index (Phi) is 4.85. The molecule has 2 rings (SSSR count). The molecule has 0 aliphatic rings. The number of rotatable bonds is 4. The highest BCUT2D eigenvalue weighted by molar-refractivity contribution is 6.16. The van der Waals surface area contributed by atoms with Crippen LogP contribution in [0.1, 0.15) is 54.5 Å². The summed E-state index contributed by atoms with van der Waals surface area (Å²) < 4.78 is 0. The molecule has 22 heavy (non-hydrogen) atoms. The van der Waals surface area contributed by atoms with Crippen LogP contribution in [0.2, 0.25) is 0 Å². The van der Waals surface area contributed by atoms with Crippen molar-refractivity contribution in [1.29, 1.82) is 0 Å². The van der Waals surface area contributed by atoms with E-state index in [2.05, 4.69) is 79.7 Å². The Morgan fingerprint density at radius 3 is 1.64 bits per heavy atom. The van der Waals surface area contributed by atoms with Crippen LogP contribution < -0.4 is 0 Å². The van der Waals surface area contributed by atoms with E-state index in [-0.39, 0.29) is 5.31 Å². The van der Waals surface area contributed by atoms with Gasteiger partial charge in [0.15, 0.2) is 0 Å². The summed E-state index contributed by atoms with van der Waals surface area (Å²) in [5, 5.41) is 0.277. The van der Waals surface area contributed by atoms with Gasteiger partial charge in [-0.2, -0.15) is 0 Å². The molecule has 0 amide bonds. The smallest absolute Gasteiger partial charge is 0.0652 e. The molecule has 0 saturated heterocycles. The highest BCUT2D eigenvalue weighted by Crippen LogP contribution is 2.40. The zero-order chi connectivity index (χ0) is 16.5. The Morgan fingerprint density at radius 2 is 1.23 bits per heavy atom. The first kappa shape index (κ1) is 16.9.